The van der Waals surface area contributed by atoms with Crippen LogP contribution in [0.3, 0.4) is 0 Å². The van der Waals surface area contributed by atoms with E-state index in [1.165, 1.54) is 0 Å². The molecule has 1 aromatic heterocycles. The van der Waals surface area contributed by atoms with Crippen molar-refractivity contribution in [3.05, 3.63) is 17.9 Å². The van der Waals surface area contributed by atoms with Crippen LogP contribution in [0.2, 0.25) is 0 Å². The van der Waals surface area contributed by atoms with Gasteiger partial charge in [-0.15, -0.1) is 0 Å². The quantitative estimate of drug-likeness (QED) is 0.825. The van der Waals surface area contributed by atoms with Crippen molar-refractivity contribution in [3.63, 3.8) is 0 Å². The molecule has 0 radical (unpaired) electrons. The molecule has 0 bridgehead atoms. The van der Waals surface area contributed by atoms with Gasteiger partial charge in [-0.1, -0.05) is 0 Å². The van der Waals surface area contributed by atoms with Crippen molar-refractivity contribution in [2.75, 3.05) is 19.6 Å². The molecule has 23 heavy (non-hydrogen) atoms. The van der Waals surface area contributed by atoms with Crippen LogP contribution in [0, 0.1) is 0 Å². The maximum Gasteiger partial charge on any atom is 0.371 e. The van der Waals surface area contributed by atoms with Crippen LogP contribution in [-0.4, -0.2) is 60.3 Å². The van der Waals surface area contributed by atoms with E-state index in [0.717, 1.165) is 16.4 Å². The Morgan fingerprint density at radius 1 is 1.35 bits per heavy atom. The van der Waals surface area contributed by atoms with E-state index in [1.54, 1.807) is 4.90 Å². The third kappa shape index (κ3) is 3.25. The third-order valence-corrected chi connectivity index (χ3v) is 5.70. The summed E-state index contributed by atoms with van der Waals surface area (Å²) in [4.78, 5) is 24.9. The number of amides is 1. The first-order chi connectivity index (χ1) is 10.8. The minimum absolute atomic E-state index is 0.211. The van der Waals surface area contributed by atoms with Crippen molar-refractivity contribution in [3.8, 4) is 0 Å². The third-order valence-electron chi connectivity index (χ3n) is 3.92. The zero-order valence-corrected chi connectivity index (χ0v) is 13.9. The van der Waals surface area contributed by atoms with Crippen LogP contribution in [0.1, 0.15) is 37.2 Å². The van der Waals surface area contributed by atoms with E-state index >= 15 is 0 Å². The standard InChI is InChI=1S/C14H20N2O6S/c1-3-15(4-2)13(17)10-6-5-9-16(10)23(20,21)12-8-7-11(22-12)14(18)19/h7-8,10H,3-6,9H2,1-2H3,(H,18,19). The largest absolute Gasteiger partial charge is 0.475 e. The van der Waals surface area contributed by atoms with E-state index in [0.29, 0.717) is 25.9 Å². The maximum absolute atomic E-state index is 12.7. The number of nitrogens with zero attached hydrogens (tertiary/aromatic N) is 2. The van der Waals surface area contributed by atoms with Gasteiger partial charge in [-0.3, -0.25) is 4.79 Å². The Bertz CT molecular complexity index is 692. The lowest BCUT2D eigenvalue weighted by molar-refractivity contribution is -0.134. The highest BCUT2D eigenvalue weighted by Crippen LogP contribution is 2.28. The summed E-state index contributed by atoms with van der Waals surface area (Å²) >= 11 is 0. The molecule has 9 heteroatoms. The molecule has 1 aliphatic heterocycles. The Morgan fingerprint density at radius 2 is 2.00 bits per heavy atom. The van der Waals surface area contributed by atoms with E-state index in [4.69, 9.17) is 9.52 Å². The summed E-state index contributed by atoms with van der Waals surface area (Å²) in [6.45, 7) is 4.89. The number of likely N-dealkylation sites (N-methyl/N-ethyl adjacent to an activating group) is 1. The van der Waals surface area contributed by atoms with E-state index < -0.39 is 32.9 Å². The monoisotopic (exact) mass is 344 g/mol. The van der Waals surface area contributed by atoms with E-state index in [1.807, 2.05) is 13.8 Å². The zero-order chi connectivity index (χ0) is 17.2. The molecule has 8 nitrogen and oxygen atoms in total. The Labute approximate surface area is 134 Å². The van der Waals surface area contributed by atoms with Gasteiger partial charge in [-0.2, -0.15) is 4.31 Å². The fraction of sp³-hybridized carbons (Fsp3) is 0.571. The first-order valence-corrected chi connectivity index (χ1v) is 8.90. The number of carbonyl (C=O) groups is 2. The minimum Gasteiger partial charge on any atom is -0.475 e. The van der Waals surface area contributed by atoms with Gasteiger partial charge in [-0.25, -0.2) is 13.2 Å². The Kier molecular flexibility index (Phi) is 5.10. The molecule has 128 valence electrons. The second-order valence-electron chi connectivity index (χ2n) is 5.21. The molecule has 2 rings (SSSR count). The van der Waals surface area contributed by atoms with Gasteiger partial charge in [-0.05, 0) is 38.8 Å². The van der Waals surface area contributed by atoms with Crippen molar-refractivity contribution in [1.82, 2.24) is 9.21 Å². The van der Waals surface area contributed by atoms with E-state index in [-0.39, 0.29) is 12.5 Å². The topological polar surface area (TPSA) is 108 Å². The number of carboxylic acids is 1. The van der Waals surface area contributed by atoms with Gasteiger partial charge in [0.2, 0.25) is 16.8 Å². The molecular weight excluding hydrogens is 324 g/mol. The molecule has 0 aromatic carbocycles. The molecular formula is C14H20N2O6S. The van der Waals surface area contributed by atoms with Gasteiger partial charge in [0.25, 0.3) is 10.0 Å². The summed E-state index contributed by atoms with van der Waals surface area (Å²) in [7, 11) is -4.04. The first-order valence-electron chi connectivity index (χ1n) is 7.46. The number of sulfonamides is 1. The fourth-order valence-electron chi connectivity index (χ4n) is 2.71. The second-order valence-corrected chi connectivity index (χ2v) is 7.03. The van der Waals surface area contributed by atoms with Crippen LogP contribution in [-0.2, 0) is 14.8 Å². The van der Waals surface area contributed by atoms with E-state index in [2.05, 4.69) is 0 Å². The van der Waals surface area contributed by atoms with Gasteiger partial charge >= 0.3 is 5.97 Å². The summed E-state index contributed by atoms with van der Waals surface area (Å²) in [5, 5.41) is 8.39. The molecule has 0 saturated carbocycles. The smallest absolute Gasteiger partial charge is 0.371 e. The molecule has 1 fully saturated rings. The van der Waals surface area contributed by atoms with Crippen LogP contribution >= 0.6 is 0 Å². The summed E-state index contributed by atoms with van der Waals surface area (Å²) in [5.74, 6) is -2.03. The normalized spacial score (nSPS) is 19.0. The number of furan rings is 1. The highest BCUT2D eigenvalue weighted by atomic mass is 32.2. The molecule has 1 unspecified atom stereocenters. The SMILES string of the molecule is CCN(CC)C(=O)C1CCCN1S(=O)(=O)c1ccc(C(=O)O)o1. The van der Waals surface area contributed by atoms with Crippen LogP contribution in [0.25, 0.3) is 0 Å². The average Bonchev–Trinajstić information content (AvgIpc) is 3.18. The molecule has 0 aliphatic carbocycles. The Balaban J connectivity index is 2.30. The number of carbonyl (C=O) groups excluding carboxylic acids is 1. The minimum atomic E-state index is -4.04. The summed E-state index contributed by atoms with van der Waals surface area (Å²) in [5.41, 5.74) is 0. The molecule has 1 atom stereocenters. The number of carboxylic acid groups (broad SMARTS) is 1. The molecule has 1 N–H and O–H groups in total. The van der Waals surface area contributed by atoms with Crippen molar-refractivity contribution in [2.24, 2.45) is 0 Å². The molecule has 1 aliphatic rings. The predicted octanol–water partition coefficient (Wildman–Crippen LogP) is 0.999. The lowest BCUT2D eigenvalue weighted by atomic mass is 10.2. The lowest BCUT2D eigenvalue weighted by Gasteiger charge is -2.27. The molecule has 1 amide bonds. The fourth-order valence-corrected chi connectivity index (χ4v) is 4.28. The number of hydrogen-bond acceptors (Lipinski definition) is 5. The summed E-state index contributed by atoms with van der Waals surface area (Å²) in [6, 6.07) is 1.43. The molecule has 0 spiro atoms. The highest BCUT2D eigenvalue weighted by molar-refractivity contribution is 7.89. The van der Waals surface area contributed by atoms with E-state index in [9.17, 15) is 18.0 Å². The highest BCUT2D eigenvalue weighted by Gasteiger charge is 2.42. The Hall–Kier alpha value is -1.87. The average molecular weight is 344 g/mol. The van der Waals surface area contributed by atoms with Gasteiger partial charge in [0.05, 0.1) is 0 Å². The maximum atomic E-state index is 12.7. The molecule has 1 aromatic rings. The van der Waals surface area contributed by atoms with Gasteiger partial charge in [0.1, 0.15) is 6.04 Å². The van der Waals surface area contributed by atoms with Gasteiger partial charge in [0, 0.05) is 19.6 Å². The summed E-state index contributed by atoms with van der Waals surface area (Å²) in [6.07, 6.45) is 1.02. The summed E-state index contributed by atoms with van der Waals surface area (Å²) < 4.78 is 31.3. The Morgan fingerprint density at radius 3 is 2.52 bits per heavy atom. The van der Waals surface area contributed by atoms with Crippen molar-refractivity contribution in [1.29, 1.82) is 0 Å². The first kappa shape index (κ1) is 17.5. The second kappa shape index (κ2) is 6.71. The number of rotatable bonds is 6. The zero-order valence-electron chi connectivity index (χ0n) is 13.1. The van der Waals surface area contributed by atoms with Crippen molar-refractivity contribution < 1.29 is 27.5 Å². The van der Waals surface area contributed by atoms with Crippen LogP contribution in [0.15, 0.2) is 21.6 Å². The number of aromatic carboxylic acids is 1. The lowest BCUT2D eigenvalue weighted by Crippen LogP contribution is -2.47. The van der Waals surface area contributed by atoms with Crippen LogP contribution in [0.5, 0.6) is 0 Å². The van der Waals surface area contributed by atoms with Crippen LogP contribution < -0.4 is 0 Å². The van der Waals surface area contributed by atoms with Gasteiger partial charge < -0.3 is 14.4 Å². The van der Waals surface area contributed by atoms with Crippen LogP contribution in [0.4, 0.5) is 0 Å². The predicted molar refractivity (Wildman–Crippen MR) is 80.5 cm³/mol. The van der Waals surface area contributed by atoms with Crippen molar-refractivity contribution in [2.45, 2.75) is 37.8 Å². The molecule has 2 heterocycles. The molecule has 1 saturated heterocycles. The number of hydrogen-bond donors (Lipinski definition) is 1. The van der Waals surface area contributed by atoms with Gasteiger partial charge in [0.15, 0.2) is 0 Å². The van der Waals surface area contributed by atoms with Crippen molar-refractivity contribution >= 4 is 21.9 Å².